The van der Waals surface area contributed by atoms with Crippen LogP contribution in [-0.4, -0.2) is 29.4 Å². The first-order valence-electron chi connectivity index (χ1n) is 9.91. The number of aromatic nitrogens is 1. The summed E-state index contributed by atoms with van der Waals surface area (Å²) < 4.78 is 7.17. The van der Waals surface area contributed by atoms with Gasteiger partial charge < -0.3 is 20.8 Å². The molecule has 3 aromatic rings. The Morgan fingerprint density at radius 1 is 1.03 bits per heavy atom. The number of nitrogen functional groups attached to an aromatic ring is 1. The van der Waals surface area contributed by atoms with Gasteiger partial charge in [-0.3, -0.25) is 9.59 Å². The van der Waals surface area contributed by atoms with E-state index in [1.54, 1.807) is 19.1 Å². The summed E-state index contributed by atoms with van der Waals surface area (Å²) in [6.07, 6.45) is 2.29. The van der Waals surface area contributed by atoms with Crippen LogP contribution in [0.3, 0.4) is 0 Å². The number of nitrogens with two attached hydrogens (primary N) is 2. The van der Waals surface area contributed by atoms with Gasteiger partial charge in [0.05, 0.1) is 18.7 Å². The van der Waals surface area contributed by atoms with E-state index >= 15 is 0 Å². The van der Waals surface area contributed by atoms with E-state index in [0.717, 1.165) is 28.2 Å². The van der Waals surface area contributed by atoms with Gasteiger partial charge in [-0.25, -0.2) is 0 Å². The zero-order chi connectivity index (χ0) is 23.0. The number of anilines is 1. The summed E-state index contributed by atoms with van der Waals surface area (Å²) in [4.78, 5) is 23.4. The number of rotatable bonds is 7. The highest BCUT2D eigenvalue weighted by atomic mass is 35.5. The van der Waals surface area contributed by atoms with E-state index in [-0.39, 0.29) is 12.4 Å². The minimum Gasteiger partial charge on any atom is -0.466 e. The fraction of sp³-hybridized carbons (Fsp3) is 0.250. The number of halogens is 1. The zero-order valence-electron chi connectivity index (χ0n) is 18.0. The molecule has 0 spiro atoms. The Balaban J connectivity index is 0.00000166. The second-order valence-electron chi connectivity index (χ2n) is 6.84. The summed E-state index contributed by atoms with van der Waals surface area (Å²) in [6, 6.07) is 17.0. The Hall–Kier alpha value is -3.25. The normalized spacial score (nSPS) is 10.2. The standard InChI is InChI=1S/C23H25N3O3.CH3Cl/c1-3-29-22(27)13-10-19-9-12-21(16-4-7-18(24)8-5-16)26(19)20-11-6-17(23(25)28)14-15(20)2;1-2/h4-9,11-12,14H,3,10,13,24H2,1-2H3,(H2,25,28);1H3. The monoisotopic (exact) mass is 441 g/mol. The van der Waals surface area contributed by atoms with Crippen molar-refractivity contribution in [3.63, 3.8) is 0 Å². The maximum atomic E-state index is 11.9. The van der Waals surface area contributed by atoms with Gasteiger partial charge in [-0.05, 0) is 73.9 Å². The number of carbonyl (C=O) groups excluding carboxylic acids is 2. The third-order valence-electron chi connectivity index (χ3n) is 4.78. The van der Waals surface area contributed by atoms with Crippen molar-refractivity contribution in [1.29, 1.82) is 0 Å². The van der Waals surface area contributed by atoms with Crippen molar-refractivity contribution in [3.8, 4) is 16.9 Å². The summed E-state index contributed by atoms with van der Waals surface area (Å²) in [5.74, 6) is -0.691. The zero-order valence-corrected chi connectivity index (χ0v) is 18.8. The lowest BCUT2D eigenvalue weighted by Crippen LogP contribution is -2.12. The summed E-state index contributed by atoms with van der Waals surface area (Å²) >= 11 is 4.64. The van der Waals surface area contributed by atoms with Crippen molar-refractivity contribution in [3.05, 3.63) is 71.4 Å². The highest BCUT2D eigenvalue weighted by Crippen LogP contribution is 2.30. The minimum atomic E-state index is -0.464. The number of primary amides is 1. The van der Waals surface area contributed by atoms with E-state index in [1.807, 2.05) is 49.4 Å². The third-order valence-corrected chi connectivity index (χ3v) is 4.78. The number of benzene rings is 2. The molecule has 0 atom stereocenters. The van der Waals surface area contributed by atoms with Crippen LogP contribution in [0.25, 0.3) is 16.9 Å². The smallest absolute Gasteiger partial charge is 0.306 e. The van der Waals surface area contributed by atoms with Gasteiger partial charge in [-0.15, -0.1) is 11.6 Å². The molecule has 2 aromatic carbocycles. The van der Waals surface area contributed by atoms with Gasteiger partial charge in [0.2, 0.25) is 5.91 Å². The number of esters is 1. The topological polar surface area (TPSA) is 100 Å². The first kappa shape index (κ1) is 24.0. The number of aryl methyl sites for hydroxylation is 2. The molecule has 0 aliphatic carbocycles. The van der Waals surface area contributed by atoms with E-state index in [2.05, 4.69) is 16.2 Å². The number of alkyl halides is 1. The number of hydrogen-bond donors (Lipinski definition) is 2. The number of ether oxygens (including phenoxy) is 1. The highest BCUT2D eigenvalue weighted by molar-refractivity contribution is 6.15. The predicted molar refractivity (Wildman–Crippen MR) is 126 cm³/mol. The summed E-state index contributed by atoms with van der Waals surface area (Å²) in [6.45, 7) is 4.09. The molecule has 0 bridgehead atoms. The molecule has 164 valence electrons. The van der Waals surface area contributed by atoms with Gasteiger partial charge in [-0.1, -0.05) is 12.1 Å². The summed E-state index contributed by atoms with van der Waals surface area (Å²) in [5, 5.41) is 0. The third kappa shape index (κ3) is 5.89. The largest absolute Gasteiger partial charge is 0.466 e. The molecule has 0 aliphatic rings. The van der Waals surface area contributed by atoms with E-state index in [4.69, 9.17) is 16.2 Å². The fourth-order valence-electron chi connectivity index (χ4n) is 3.36. The Kier molecular flexibility index (Phi) is 8.70. The van der Waals surface area contributed by atoms with E-state index in [0.29, 0.717) is 24.3 Å². The molecule has 0 saturated heterocycles. The number of amides is 1. The molecule has 0 aliphatic heterocycles. The molecule has 0 saturated carbocycles. The van der Waals surface area contributed by atoms with Crippen LogP contribution in [0, 0.1) is 6.92 Å². The van der Waals surface area contributed by atoms with Crippen molar-refractivity contribution >= 4 is 29.2 Å². The SMILES string of the molecule is CCOC(=O)CCc1ccc(-c2ccc(N)cc2)n1-c1ccc(C(N)=O)cc1C.CCl. The van der Waals surface area contributed by atoms with Crippen molar-refractivity contribution in [1.82, 2.24) is 4.57 Å². The lowest BCUT2D eigenvalue weighted by molar-refractivity contribution is -0.143. The average Bonchev–Trinajstić information content (AvgIpc) is 3.18. The van der Waals surface area contributed by atoms with Gasteiger partial charge in [0.25, 0.3) is 0 Å². The second-order valence-corrected chi connectivity index (χ2v) is 6.84. The van der Waals surface area contributed by atoms with Crippen LogP contribution in [0.2, 0.25) is 0 Å². The molecule has 6 nitrogen and oxygen atoms in total. The molecule has 31 heavy (non-hydrogen) atoms. The Morgan fingerprint density at radius 2 is 1.71 bits per heavy atom. The molecular weight excluding hydrogens is 414 g/mol. The lowest BCUT2D eigenvalue weighted by atomic mass is 10.1. The average molecular weight is 442 g/mol. The number of nitrogens with zero attached hydrogens (tertiary/aromatic N) is 1. The second kappa shape index (κ2) is 11.2. The summed E-state index contributed by atoms with van der Waals surface area (Å²) in [5.41, 5.74) is 17.2. The van der Waals surface area contributed by atoms with Crippen LogP contribution >= 0.6 is 11.6 Å². The maximum Gasteiger partial charge on any atom is 0.306 e. The molecule has 1 aromatic heterocycles. The molecule has 7 heteroatoms. The van der Waals surface area contributed by atoms with E-state index in [9.17, 15) is 9.59 Å². The van der Waals surface area contributed by atoms with Gasteiger partial charge in [0.15, 0.2) is 0 Å². The van der Waals surface area contributed by atoms with Crippen LogP contribution in [-0.2, 0) is 16.0 Å². The maximum absolute atomic E-state index is 11.9. The van der Waals surface area contributed by atoms with Crippen LogP contribution in [0.4, 0.5) is 5.69 Å². The van der Waals surface area contributed by atoms with Gasteiger partial charge in [0.1, 0.15) is 0 Å². The molecule has 0 unspecified atom stereocenters. The Morgan fingerprint density at radius 3 is 2.29 bits per heavy atom. The molecule has 3 rings (SSSR count). The van der Waals surface area contributed by atoms with E-state index in [1.165, 1.54) is 6.38 Å². The van der Waals surface area contributed by atoms with Crippen LogP contribution in [0.1, 0.15) is 35.0 Å². The minimum absolute atomic E-state index is 0.227. The molecular formula is C24H28ClN3O3. The number of hydrogen-bond acceptors (Lipinski definition) is 4. The fourth-order valence-corrected chi connectivity index (χ4v) is 3.36. The van der Waals surface area contributed by atoms with Crippen molar-refractivity contribution in [2.45, 2.75) is 26.7 Å². The molecule has 1 amide bonds. The van der Waals surface area contributed by atoms with Crippen LogP contribution in [0.15, 0.2) is 54.6 Å². The molecule has 0 radical (unpaired) electrons. The lowest BCUT2D eigenvalue weighted by Gasteiger charge is -2.17. The number of carbonyl (C=O) groups is 2. The first-order chi connectivity index (χ1) is 14.9. The molecule has 0 fully saturated rings. The van der Waals surface area contributed by atoms with Crippen molar-refractivity contribution in [2.24, 2.45) is 5.73 Å². The predicted octanol–water partition coefficient (Wildman–Crippen LogP) is 4.48. The van der Waals surface area contributed by atoms with Gasteiger partial charge >= 0.3 is 5.97 Å². The Labute approximate surface area is 187 Å². The van der Waals surface area contributed by atoms with Gasteiger partial charge in [-0.2, -0.15) is 0 Å². The van der Waals surface area contributed by atoms with Crippen molar-refractivity contribution < 1.29 is 14.3 Å². The highest BCUT2D eigenvalue weighted by Gasteiger charge is 2.16. The van der Waals surface area contributed by atoms with Crippen LogP contribution < -0.4 is 11.5 Å². The van der Waals surface area contributed by atoms with Gasteiger partial charge in [0, 0.05) is 29.0 Å². The molecule has 1 heterocycles. The molecule has 4 N–H and O–H groups in total. The van der Waals surface area contributed by atoms with E-state index < -0.39 is 5.91 Å². The van der Waals surface area contributed by atoms with Crippen LogP contribution in [0.5, 0.6) is 0 Å². The first-order valence-corrected chi connectivity index (χ1v) is 10.7. The summed E-state index contributed by atoms with van der Waals surface area (Å²) in [7, 11) is 0. The quantitative estimate of drug-likeness (QED) is 0.320. The Bertz CT molecular complexity index is 1040. The van der Waals surface area contributed by atoms with Crippen molar-refractivity contribution in [2.75, 3.05) is 18.7 Å².